The van der Waals surface area contributed by atoms with Crippen molar-refractivity contribution in [2.75, 3.05) is 0 Å². The standard InChI is InChI=1S/C5H10O4.Al.Na.2H/c1-3(7)5(9)4(8)2-6;;;;/h2-9H,1H2;;;;/q;;+1;;-1. The van der Waals surface area contributed by atoms with Gasteiger partial charge in [-0.15, -0.1) is 0 Å². The number of aliphatic hydroxyl groups is 4. The fourth-order valence-corrected chi connectivity index (χ4v) is 2.78. The van der Waals surface area contributed by atoms with E-state index in [1.807, 2.05) is 0 Å². The maximum atomic E-state index is 9.01. The van der Waals surface area contributed by atoms with Crippen molar-refractivity contribution >= 4 is 15.2 Å². The quantitative estimate of drug-likeness (QED) is 0.284. The molecule has 0 aromatic rings. The molecule has 1 aliphatic rings. The Hall–Kier alpha value is 1.37. The third-order valence-electron chi connectivity index (χ3n) is 1.90. The Bertz CT molecular complexity index is 116. The van der Waals surface area contributed by atoms with Gasteiger partial charge in [0, 0.05) is 4.97 Å². The van der Waals surface area contributed by atoms with E-state index in [9.17, 15) is 0 Å². The second-order valence-electron chi connectivity index (χ2n) is 2.69. The van der Waals surface area contributed by atoms with Gasteiger partial charge in [0.25, 0.3) is 15.2 Å². The largest absolute Gasteiger partial charge is 1.00 e. The molecule has 0 amide bonds. The molecule has 1 rings (SSSR count). The third-order valence-corrected chi connectivity index (χ3v) is 3.90. The van der Waals surface area contributed by atoms with Crippen LogP contribution in [-0.4, -0.2) is 58.9 Å². The molecule has 1 saturated heterocycles. The van der Waals surface area contributed by atoms with Gasteiger partial charge in [0.2, 0.25) is 0 Å². The number of hydrogen-bond acceptors (Lipinski definition) is 4. The molecule has 4 nitrogen and oxygen atoms in total. The first-order chi connectivity index (χ1) is 4.63. The average molecular weight is 186 g/mol. The molecule has 6 heteroatoms. The predicted octanol–water partition coefficient (Wildman–Crippen LogP) is -5.63. The number of aliphatic hydroxyl groups excluding tert-OH is 4. The molecule has 0 bridgehead atoms. The van der Waals surface area contributed by atoms with Crippen molar-refractivity contribution in [2.24, 2.45) is 0 Å². The van der Waals surface area contributed by atoms with Crippen molar-refractivity contribution in [1.29, 1.82) is 0 Å². The van der Waals surface area contributed by atoms with Crippen LogP contribution < -0.4 is 29.6 Å². The molecule has 1 heterocycles. The second kappa shape index (κ2) is 5.18. The fraction of sp³-hybridized carbons (Fsp3) is 1.00. The van der Waals surface area contributed by atoms with Crippen LogP contribution in [0.2, 0.25) is 5.28 Å². The van der Waals surface area contributed by atoms with Crippen molar-refractivity contribution in [3.05, 3.63) is 0 Å². The van der Waals surface area contributed by atoms with E-state index in [0.29, 0.717) is 5.28 Å². The first-order valence-electron chi connectivity index (χ1n) is 3.35. The fourth-order valence-electron chi connectivity index (χ4n) is 1.14. The van der Waals surface area contributed by atoms with Gasteiger partial charge in [0.05, 0.1) is 12.2 Å². The third kappa shape index (κ3) is 2.96. The van der Waals surface area contributed by atoms with E-state index in [1.54, 1.807) is 0 Å². The van der Waals surface area contributed by atoms with Crippen LogP contribution in [0.3, 0.4) is 0 Å². The summed E-state index contributed by atoms with van der Waals surface area (Å²) in [7, 11) is 0. The van der Waals surface area contributed by atoms with Gasteiger partial charge in [0.15, 0.2) is 0 Å². The molecule has 60 valence electrons. The predicted molar refractivity (Wildman–Crippen MR) is 37.1 cm³/mol. The minimum absolute atomic E-state index is 0. The average Bonchev–Trinajstić information content (AvgIpc) is 1.93. The van der Waals surface area contributed by atoms with Crippen LogP contribution in [0.4, 0.5) is 0 Å². The van der Waals surface area contributed by atoms with E-state index in [1.165, 1.54) is 0 Å². The van der Waals surface area contributed by atoms with Gasteiger partial charge in [-0.25, -0.2) is 0 Å². The van der Waals surface area contributed by atoms with Crippen molar-refractivity contribution in [3.63, 3.8) is 0 Å². The van der Waals surface area contributed by atoms with Gasteiger partial charge in [-0.3, -0.25) is 0 Å². The Morgan fingerprint density at radius 1 is 1.09 bits per heavy atom. The Morgan fingerprint density at radius 2 is 1.64 bits per heavy atom. The van der Waals surface area contributed by atoms with E-state index in [2.05, 4.69) is 0 Å². The number of rotatable bonds is 0. The van der Waals surface area contributed by atoms with Crippen LogP contribution in [0.1, 0.15) is 1.43 Å². The normalized spacial score (nSPS) is 44.0. The van der Waals surface area contributed by atoms with Gasteiger partial charge in [-0.1, -0.05) is 5.28 Å². The van der Waals surface area contributed by atoms with Gasteiger partial charge in [-0.2, -0.15) is 0 Å². The SMILES string of the molecule is OC1[CH2][AlH][CH](O)C(O)C1O.[H-].[Na+]. The summed E-state index contributed by atoms with van der Waals surface area (Å²) < 4.78 is 0. The van der Waals surface area contributed by atoms with Crippen LogP contribution in [0, 0.1) is 0 Å². The smallest absolute Gasteiger partial charge is 1.00 e. The molecular weight excluding hydrogens is 174 g/mol. The first-order valence-corrected chi connectivity index (χ1v) is 5.17. The summed E-state index contributed by atoms with van der Waals surface area (Å²) in [5.74, 6) is 0. The van der Waals surface area contributed by atoms with Crippen LogP contribution in [0.5, 0.6) is 0 Å². The van der Waals surface area contributed by atoms with Crippen molar-refractivity contribution < 1.29 is 51.4 Å². The zero-order valence-corrected chi connectivity index (χ0v) is 9.93. The summed E-state index contributed by atoms with van der Waals surface area (Å²) >= 11 is -0.798. The summed E-state index contributed by atoms with van der Waals surface area (Å²) in [5, 5.41) is 36.4. The van der Waals surface area contributed by atoms with Gasteiger partial charge >= 0.3 is 29.6 Å². The zero-order valence-electron chi connectivity index (χ0n) is 7.51. The van der Waals surface area contributed by atoms with E-state index in [4.69, 9.17) is 20.4 Å². The minimum Gasteiger partial charge on any atom is -1.00 e. The Morgan fingerprint density at radius 3 is 2.09 bits per heavy atom. The summed E-state index contributed by atoms with van der Waals surface area (Å²) in [4.78, 5) is -0.751. The molecule has 0 spiro atoms. The molecule has 4 N–H and O–H groups in total. The number of hydrogen-bond donors (Lipinski definition) is 4. The molecule has 0 aliphatic carbocycles. The maximum Gasteiger partial charge on any atom is 1.00 e. The van der Waals surface area contributed by atoms with Gasteiger partial charge < -0.3 is 21.9 Å². The second-order valence-corrected chi connectivity index (χ2v) is 4.68. The van der Waals surface area contributed by atoms with Crippen LogP contribution >= 0.6 is 0 Å². The van der Waals surface area contributed by atoms with Gasteiger partial charge in [0.1, 0.15) is 6.10 Å². The minimum atomic E-state index is -1.16. The van der Waals surface area contributed by atoms with E-state index in [-0.39, 0.29) is 31.0 Å². The maximum absolute atomic E-state index is 9.01. The zero-order chi connectivity index (χ0) is 7.72. The van der Waals surface area contributed by atoms with E-state index < -0.39 is 38.5 Å². The molecule has 1 aliphatic heterocycles. The Kier molecular flexibility index (Phi) is 5.82. The molecule has 0 saturated carbocycles. The van der Waals surface area contributed by atoms with Gasteiger partial charge in [-0.05, 0) is 0 Å². The summed E-state index contributed by atoms with van der Waals surface area (Å²) in [6.07, 6.45) is -3.11. The molecular formula is C5H12AlNaO4. The summed E-state index contributed by atoms with van der Waals surface area (Å²) in [6, 6.07) is 0. The van der Waals surface area contributed by atoms with Crippen LogP contribution in [0.15, 0.2) is 0 Å². The molecule has 11 heavy (non-hydrogen) atoms. The summed E-state index contributed by atoms with van der Waals surface area (Å²) in [5.41, 5.74) is 0. The molecule has 4 atom stereocenters. The Balaban J connectivity index is 0. The van der Waals surface area contributed by atoms with Crippen LogP contribution in [0.25, 0.3) is 0 Å². The van der Waals surface area contributed by atoms with Crippen LogP contribution in [-0.2, 0) is 0 Å². The van der Waals surface area contributed by atoms with Crippen molar-refractivity contribution in [1.82, 2.24) is 0 Å². The summed E-state index contributed by atoms with van der Waals surface area (Å²) in [6.45, 7) is 0. The molecule has 4 unspecified atom stereocenters. The topological polar surface area (TPSA) is 80.9 Å². The molecule has 1 fully saturated rings. The van der Waals surface area contributed by atoms with Crippen molar-refractivity contribution in [3.8, 4) is 0 Å². The molecule has 0 aromatic heterocycles. The monoisotopic (exact) mass is 186 g/mol. The van der Waals surface area contributed by atoms with Crippen molar-refractivity contribution in [2.45, 2.75) is 28.6 Å². The van der Waals surface area contributed by atoms with E-state index in [0.717, 1.165) is 0 Å². The Labute approximate surface area is 94.7 Å². The van der Waals surface area contributed by atoms with E-state index >= 15 is 0 Å². The first kappa shape index (κ1) is 12.4. The molecule has 0 radical (unpaired) electrons. The molecule has 0 aromatic carbocycles.